The summed E-state index contributed by atoms with van der Waals surface area (Å²) in [4.78, 5) is 16.2. The highest BCUT2D eigenvalue weighted by Gasteiger charge is 2.16. The van der Waals surface area contributed by atoms with Crippen LogP contribution in [0.2, 0.25) is 0 Å². The number of ether oxygens (including phenoxy) is 1. The number of esters is 1. The normalized spacial score (nSPS) is 11.6. The van der Waals surface area contributed by atoms with Gasteiger partial charge in [-0.15, -0.1) is 0 Å². The molecule has 0 saturated heterocycles. The van der Waals surface area contributed by atoms with E-state index in [2.05, 4.69) is 20.9 Å². The van der Waals surface area contributed by atoms with E-state index in [0.717, 1.165) is 20.9 Å². The Morgan fingerprint density at radius 1 is 1.25 bits per heavy atom. The Balaban J connectivity index is 2.15. The van der Waals surface area contributed by atoms with Crippen molar-refractivity contribution in [3.05, 3.63) is 40.6 Å². The smallest absolute Gasteiger partial charge is 0.306 e. The van der Waals surface area contributed by atoms with Crippen LogP contribution in [0.3, 0.4) is 0 Å². The number of halogens is 1. The van der Waals surface area contributed by atoms with Gasteiger partial charge in [0.1, 0.15) is 5.60 Å². The number of hydrogen-bond acceptors (Lipinski definition) is 3. The number of pyridine rings is 1. The third kappa shape index (κ3) is 3.79. The summed E-state index contributed by atoms with van der Waals surface area (Å²) < 4.78 is 6.36. The molecule has 3 nitrogen and oxygen atoms in total. The zero-order valence-corrected chi connectivity index (χ0v) is 13.5. The van der Waals surface area contributed by atoms with E-state index in [1.165, 1.54) is 0 Å². The minimum absolute atomic E-state index is 0.189. The molecule has 0 atom stereocenters. The van der Waals surface area contributed by atoms with Crippen LogP contribution in [-0.2, 0) is 16.0 Å². The zero-order chi connectivity index (χ0) is 14.8. The van der Waals surface area contributed by atoms with Gasteiger partial charge in [0.2, 0.25) is 0 Å². The van der Waals surface area contributed by atoms with Gasteiger partial charge in [0.25, 0.3) is 0 Å². The summed E-state index contributed by atoms with van der Waals surface area (Å²) in [7, 11) is 0. The summed E-state index contributed by atoms with van der Waals surface area (Å²) in [6.07, 6.45) is 2.70. The van der Waals surface area contributed by atoms with Crippen LogP contribution in [0.1, 0.15) is 32.9 Å². The summed E-state index contributed by atoms with van der Waals surface area (Å²) in [5.74, 6) is -0.189. The largest absolute Gasteiger partial charge is 0.460 e. The molecule has 0 fully saturated rings. The maximum atomic E-state index is 11.8. The second-order valence-corrected chi connectivity index (χ2v) is 6.53. The first kappa shape index (κ1) is 15.0. The third-order valence-electron chi connectivity index (χ3n) is 2.82. The molecule has 0 N–H and O–H groups in total. The highest BCUT2D eigenvalue weighted by molar-refractivity contribution is 9.10. The van der Waals surface area contributed by atoms with Gasteiger partial charge in [-0.2, -0.15) is 0 Å². The molecule has 0 aliphatic rings. The van der Waals surface area contributed by atoms with E-state index in [1.807, 2.05) is 45.0 Å². The summed E-state index contributed by atoms with van der Waals surface area (Å²) >= 11 is 3.53. The first-order valence-corrected chi connectivity index (χ1v) is 7.40. The van der Waals surface area contributed by atoms with Gasteiger partial charge in [0.05, 0.1) is 6.42 Å². The van der Waals surface area contributed by atoms with Gasteiger partial charge in [-0.1, -0.05) is 28.1 Å². The summed E-state index contributed by atoms with van der Waals surface area (Å²) in [6.45, 7) is 5.62. The van der Waals surface area contributed by atoms with Gasteiger partial charge in [0.15, 0.2) is 0 Å². The Hall–Kier alpha value is -1.42. The van der Waals surface area contributed by atoms with Crippen LogP contribution in [0.15, 0.2) is 34.9 Å². The lowest BCUT2D eigenvalue weighted by Crippen LogP contribution is -2.24. The third-order valence-corrected chi connectivity index (χ3v) is 3.51. The van der Waals surface area contributed by atoms with Crippen LogP contribution in [0.25, 0.3) is 10.8 Å². The number of hydrogen-bond donors (Lipinski definition) is 0. The molecule has 1 aromatic carbocycles. The molecule has 106 valence electrons. The van der Waals surface area contributed by atoms with Gasteiger partial charge in [0, 0.05) is 28.2 Å². The summed E-state index contributed by atoms with van der Waals surface area (Å²) in [5.41, 5.74) is 0.487. The highest BCUT2D eigenvalue weighted by Crippen LogP contribution is 2.25. The average molecular weight is 336 g/mol. The average Bonchev–Trinajstić information content (AvgIpc) is 2.35. The van der Waals surface area contributed by atoms with E-state index in [-0.39, 0.29) is 5.97 Å². The molecular weight excluding hydrogens is 318 g/mol. The molecule has 0 aliphatic carbocycles. The predicted molar refractivity (Wildman–Crippen MR) is 83.6 cm³/mol. The van der Waals surface area contributed by atoms with Crippen LogP contribution < -0.4 is 0 Å². The molecule has 20 heavy (non-hydrogen) atoms. The first-order valence-electron chi connectivity index (χ1n) is 6.61. The Morgan fingerprint density at radius 2 is 2.00 bits per heavy atom. The van der Waals surface area contributed by atoms with Crippen molar-refractivity contribution in [1.29, 1.82) is 0 Å². The van der Waals surface area contributed by atoms with Crippen LogP contribution >= 0.6 is 15.9 Å². The number of rotatable bonds is 3. The van der Waals surface area contributed by atoms with E-state index < -0.39 is 5.60 Å². The maximum Gasteiger partial charge on any atom is 0.306 e. The molecule has 0 radical (unpaired) electrons. The molecule has 0 aliphatic heterocycles. The van der Waals surface area contributed by atoms with Crippen molar-refractivity contribution in [3.63, 3.8) is 0 Å². The minimum atomic E-state index is -0.438. The quantitative estimate of drug-likeness (QED) is 0.786. The molecule has 0 amide bonds. The van der Waals surface area contributed by atoms with E-state index in [4.69, 9.17) is 4.74 Å². The topological polar surface area (TPSA) is 39.2 Å². The fourth-order valence-corrected chi connectivity index (χ4v) is 2.54. The molecule has 0 spiro atoms. The van der Waals surface area contributed by atoms with Crippen molar-refractivity contribution in [1.82, 2.24) is 4.98 Å². The summed E-state index contributed by atoms with van der Waals surface area (Å²) in [6, 6.07) is 7.97. The van der Waals surface area contributed by atoms with Gasteiger partial charge in [-0.05, 0) is 38.3 Å². The van der Waals surface area contributed by atoms with Crippen molar-refractivity contribution in [2.24, 2.45) is 0 Å². The van der Waals surface area contributed by atoms with Crippen LogP contribution in [0, 0.1) is 0 Å². The molecular formula is C16H18BrNO2. The maximum absolute atomic E-state index is 11.8. The lowest BCUT2D eigenvalue weighted by atomic mass is 10.1. The Labute approximate surface area is 127 Å². The SMILES string of the molecule is CC(C)(C)OC(=O)CCc1nccc2c(Br)cccc12. The van der Waals surface area contributed by atoms with Crippen molar-refractivity contribution in [2.45, 2.75) is 39.2 Å². The molecule has 1 aromatic heterocycles. The first-order chi connectivity index (χ1) is 9.37. The Kier molecular flexibility index (Phi) is 4.43. The molecule has 4 heteroatoms. The van der Waals surface area contributed by atoms with Gasteiger partial charge < -0.3 is 4.74 Å². The molecule has 0 bridgehead atoms. The number of benzene rings is 1. The van der Waals surface area contributed by atoms with Crippen LogP contribution in [0.4, 0.5) is 0 Å². The summed E-state index contributed by atoms with van der Waals surface area (Å²) in [5, 5.41) is 2.19. The highest BCUT2D eigenvalue weighted by atomic mass is 79.9. The lowest BCUT2D eigenvalue weighted by Gasteiger charge is -2.19. The number of fused-ring (bicyclic) bond motifs is 1. The lowest BCUT2D eigenvalue weighted by molar-refractivity contribution is -0.154. The van der Waals surface area contributed by atoms with Crippen molar-refractivity contribution in [2.75, 3.05) is 0 Å². The Morgan fingerprint density at radius 3 is 2.70 bits per heavy atom. The van der Waals surface area contributed by atoms with E-state index in [1.54, 1.807) is 6.20 Å². The van der Waals surface area contributed by atoms with E-state index >= 15 is 0 Å². The number of carbonyl (C=O) groups is 1. The number of carbonyl (C=O) groups excluding carboxylic acids is 1. The fourth-order valence-electron chi connectivity index (χ4n) is 2.04. The number of aryl methyl sites for hydroxylation is 1. The van der Waals surface area contributed by atoms with E-state index in [0.29, 0.717) is 12.8 Å². The second kappa shape index (κ2) is 5.92. The molecule has 2 aromatic rings. The second-order valence-electron chi connectivity index (χ2n) is 5.68. The van der Waals surface area contributed by atoms with Crippen LogP contribution in [-0.4, -0.2) is 16.6 Å². The van der Waals surface area contributed by atoms with Crippen LogP contribution in [0.5, 0.6) is 0 Å². The monoisotopic (exact) mass is 335 g/mol. The zero-order valence-electron chi connectivity index (χ0n) is 11.9. The molecule has 1 heterocycles. The Bertz CT molecular complexity index is 632. The van der Waals surface area contributed by atoms with Gasteiger partial charge >= 0.3 is 5.97 Å². The standard InChI is InChI=1S/C16H18BrNO2/c1-16(2,3)20-15(19)8-7-14-12-5-4-6-13(17)11(12)9-10-18-14/h4-6,9-10H,7-8H2,1-3H3. The van der Waals surface area contributed by atoms with Crippen molar-refractivity contribution < 1.29 is 9.53 Å². The molecule has 2 rings (SSSR count). The minimum Gasteiger partial charge on any atom is -0.460 e. The molecule has 0 saturated carbocycles. The van der Waals surface area contributed by atoms with Crippen molar-refractivity contribution >= 4 is 32.7 Å². The van der Waals surface area contributed by atoms with E-state index in [9.17, 15) is 4.79 Å². The van der Waals surface area contributed by atoms with Gasteiger partial charge in [-0.3, -0.25) is 9.78 Å². The number of aromatic nitrogens is 1. The van der Waals surface area contributed by atoms with Gasteiger partial charge in [-0.25, -0.2) is 0 Å². The molecule has 0 unspecified atom stereocenters. The number of nitrogens with zero attached hydrogens (tertiary/aromatic N) is 1. The fraction of sp³-hybridized carbons (Fsp3) is 0.375. The van der Waals surface area contributed by atoms with Crippen molar-refractivity contribution in [3.8, 4) is 0 Å². The predicted octanol–water partition coefficient (Wildman–Crippen LogP) is 4.27.